The number of aliphatic imine (C=N–C) groups is 1. The van der Waals surface area contributed by atoms with Gasteiger partial charge in [0.1, 0.15) is 6.10 Å². The van der Waals surface area contributed by atoms with E-state index >= 15 is 0 Å². The van der Waals surface area contributed by atoms with Crippen LogP contribution in [-0.4, -0.2) is 41.9 Å². The van der Waals surface area contributed by atoms with Gasteiger partial charge < -0.3 is 15.4 Å². The predicted molar refractivity (Wildman–Crippen MR) is 118 cm³/mol. The molecule has 0 radical (unpaired) electrons. The van der Waals surface area contributed by atoms with Crippen molar-refractivity contribution in [3.05, 3.63) is 47.5 Å². The summed E-state index contributed by atoms with van der Waals surface area (Å²) >= 11 is 0. The van der Waals surface area contributed by atoms with Gasteiger partial charge in [0, 0.05) is 18.8 Å². The normalized spacial score (nSPS) is 12.2. The van der Waals surface area contributed by atoms with Crippen LogP contribution >= 0.6 is 24.0 Å². The maximum atomic E-state index is 13.6. The Labute approximate surface area is 177 Å². The van der Waals surface area contributed by atoms with E-state index in [9.17, 15) is 4.39 Å². The smallest absolute Gasteiger partial charge is 0.191 e. The molecule has 0 bridgehead atoms. The van der Waals surface area contributed by atoms with Crippen LogP contribution in [0.4, 0.5) is 4.39 Å². The molecule has 2 aromatic rings. The average molecular weight is 489 g/mol. The molecule has 0 aliphatic heterocycles. The Bertz CT molecular complexity index is 707. The summed E-state index contributed by atoms with van der Waals surface area (Å²) in [6, 6.07) is 6.40. The van der Waals surface area contributed by atoms with Crippen molar-refractivity contribution in [3.8, 4) is 5.75 Å². The largest absolute Gasteiger partial charge is 0.486 e. The predicted octanol–water partition coefficient (Wildman–Crippen LogP) is 3.43. The van der Waals surface area contributed by atoms with Crippen LogP contribution in [0.3, 0.4) is 0 Å². The molecule has 0 aliphatic carbocycles. The first-order chi connectivity index (χ1) is 12.6. The summed E-state index contributed by atoms with van der Waals surface area (Å²) in [7, 11) is 0. The molecule has 0 spiro atoms. The average Bonchev–Trinajstić information content (AvgIpc) is 3.03. The van der Waals surface area contributed by atoms with Gasteiger partial charge >= 0.3 is 0 Å². The molecule has 1 heterocycles. The molecule has 0 saturated heterocycles. The molecule has 0 aliphatic rings. The first kappa shape index (κ1) is 23.2. The lowest BCUT2D eigenvalue weighted by Crippen LogP contribution is -2.38. The van der Waals surface area contributed by atoms with Crippen molar-refractivity contribution < 1.29 is 9.13 Å². The zero-order chi connectivity index (χ0) is 18.8. The van der Waals surface area contributed by atoms with E-state index in [1.165, 1.54) is 11.6 Å². The molecule has 0 fully saturated rings. The summed E-state index contributed by atoms with van der Waals surface area (Å²) < 4.78 is 19.2. The number of ether oxygens (including phenoxy) is 1. The second-order valence-electron chi connectivity index (χ2n) is 6.13. The molecule has 1 unspecified atom stereocenters. The van der Waals surface area contributed by atoms with Crippen molar-refractivity contribution in [2.45, 2.75) is 39.7 Å². The molecule has 8 heteroatoms. The van der Waals surface area contributed by atoms with E-state index < -0.39 is 0 Å². The van der Waals surface area contributed by atoms with Gasteiger partial charge in [-0.15, -0.1) is 24.0 Å². The zero-order valence-electron chi connectivity index (χ0n) is 16.1. The topological polar surface area (TPSA) is 74.3 Å². The third-order valence-electron chi connectivity index (χ3n) is 3.87. The fraction of sp³-hybridized carbons (Fsp3) is 0.474. The molecule has 1 aromatic carbocycles. The number of nitrogens with zero attached hydrogens (tertiary/aromatic N) is 2. The van der Waals surface area contributed by atoms with Crippen LogP contribution < -0.4 is 15.4 Å². The molecule has 150 valence electrons. The van der Waals surface area contributed by atoms with Crippen LogP contribution in [0.2, 0.25) is 0 Å². The standard InChI is InChI=1S/C19H28FN5O.HI/c1-4-21-19(22-11-7-8-16-13-24-25-15(16)3)23-12-14(2)26-18-10-6-5-9-17(18)20;/h5-6,9-10,13-14H,4,7-8,11-12H2,1-3H3,(H,24,25)(H2,21,22,23);1H. The van der Waals surface area contributed by atoms with Gasteiger partial charge in [0.25, 0.3) is 0 Å². The number of rotatable bonds is 9. The highest BCUT2D eigenvalue weighted by molar-refractivity contribution is 14.0. The Morgan fingerprint density at radius 3 is 2.78 bits per heavy atom. The van der Waals surface area contributed by atoms with Gasteiger partial charge in [-0.05, 0) is 51.3 Å². The van der Waals surface area contributed by atoms with Crippen molar-refractivity contribution in [2.75, 3.05) is 19.6 Å². The van der Waals surface area contributed by atoms with Gasteiger partial charge in [-0.1, -0.05) is 12.1 Å². The van der Waals surface area contributed by atoms with Crippen molar-refractivity contribution in [2.24, 2.45) is 4.99 Å². The van der Waals surface area contributed by atoms with Crippen molar-refractivity contribution in [1.82, 2.24) is 20.8 Å². The highest BCUT2D eigenvalue weighted by Crippen LogP contribution is 2.16. The molecule has 0 amide bonds. The van der Waals surface area contributed by atoms with E-state index in [4.69, 9.17) is 4.74 Å². The number of aromatic amines is 1. The zero-order valence-corrected chi connectivity index (χ0v) is 18.4. The quantitative estimate of drug-likeness (QED) is 0.219. The number of H-pyrrole nitrogens is 1. The molecule has 1 aromatic heterocycles. The van der Waals surface area contributed by atoms with Crippen molar-refractivity contribution >= 4 is 29.9 Å². The summed E-state index contributed by atoms with van der Waals surface area (Å²) in [4.78, 5) is 4.52. The fourth-order valence-electron chi connectivity index (χ4n) is 2.47. The summed E-state index contributed by atoms with van der Waals surface area (Å²) in [6.07, 6.45) is 3.58. The van der Waals surface area contributed by atoms with Crippen LogP contribution in [0.1, 0.15) is 31.5 Å². The van der Waals surface area contributed by atoms with E-state index in [0.717, 1.165) is 37.6 Å². The Kier molecular flexibility index (Phi) is 10.8. The number of aromatic nitrogens is 2. The number of benzene rings is 1. The maximum absolute atomic E-state index is 13.6. The number of aryl methyl sites for hydroxylation is 2. The number of para-hydroxylation sites is 1. The molecule has 1 atom stereocenters. The lowest BCUT2D eigenvalue weighted by Gasteiger charge is -2.15. The van der Waals surface area contributed by atoms with Gasteiger partial charge in [0.15, 0.2) is 17.5 Å². The number of nitrogens with one attached hydrogen (secondary N) is 3. The van der Waals surface area contributed by atoms with Crippen molar-refractivity contribution in [3.63, 3.8) is 0 Å². The molecule has 2 rings (SSSR count). The minimum atomic E-state index is -0.358. The Morgan fingerprint density at radius 2 is 2.11 bits per heavy atom. The number of halogens is 2. The number of hydrogen-bond acceptors (Lipinski definition) is 3. The van der Waals surface area contributed by atoms with Gasteiger partial charge in [0.05, 0.1) is 12.7 Å². The highest BCUT2D eigenvalue weighted by Gasteiger charge is 2.08. The lowest BCUT2D eigenvalue weighted by molar-refractivity contribution is 0.220. The minimum Gasteiger partial charge on any atom is -0.486 e. The number of guanidine groups is 1. The fourth-order valence-corrected chi connectivity index (χ4v) is 2.47. The molecule has 27 heavy (non-hydrogen) atoms. The van der Waals surface area contributed by atoms with Crippen LogP contribution in [-0.2, 0) is 6.42 Å². The van der Waals surface area contributed by atoms with Gasteiger partial charge in [-0.25, -0.2) is 9.38 Å². The summed E-state index contributed by atoms with van der Waals surface area (Å²) in [5, 5.41) is 13.5. The Hall–Kier alpha value is -1.84. The second-order valence-corrected chi connectivity index (χ2v) is 6.13. The van der Waals surface area contributed by atoms with E-state index in [-0.39, 0.29) is 41.6 Å². The second kappa shape index (κ2) is 12.5. The van der Waals surface area contributed by atoms with E-state index in [1.54, 1.807) is 18.2 Å². The third-order valence-corrected chi connectivity index (χ3v) is 3.87. The SMILES string of the molecule is CCNC(=NCC(C)Oc1ccccc1F)NCCCc1cn[nH]c1C.I. The van der Waals surface area contributed by atoms with Crippen LogP contribution in [0.25, 0.3) is 0 Å². The summed E-state index contributed by atoms with van der Waals surface area (Å²) in [5.74, 6) is 0.631. The van der Waals surface area contributed by atoms with Crippen molar-refractivity contribution in [1.29, 1.82) is 0 Å². The van der Waals surface area contributed by atoms with E-state index in [1.807, 2.05) is 27.0 Å². The molecule has 3 N–H and O–H groups in total. The maximum Gasteiger partial charge on any atom is 0.191 e. The number of hydrogen-bond donors (Lipinski definition) is 3. The minimum absolute atomic E-state index is 0. The van der Waals surface area contributed by atoms with Gasteiger partial charge in [-0.2, -0.15) is 5.10 Å². The third kappa shape index (κ3) is 8.15. The monoisotopic (exact) mass is 489 g/mol. The van der Waals surface area contributed by atoms with E-state index in [0.29, 0.717) is 6.54 Å². The van der Waals surface area contributed by atoms with Gasteiger partial charge in [0.2, 0.25) is 0 Å². The first-order valence-electron chi connectivity index (χ1n) is 9.02. The molecular weight excluding hydrogens is 460 g/mol. The molecule has 0 saturated carbocycles. The Morgan fingerprint density at radius 1 is 1.33 bits per heavy atom. The first-order valence-corrected chi connectivity index (χ1v) is 9.02. The highest BCUT2D eigenvalue weighted by atomic mass is 127. The van der Waals surface area contributed by atoms with Crippen LogP contribution in [0, 0.1) is 12.7 Å². The van der Waals surface area contributed by atoms with Crippen LogP contribution in [0.15, 0.2) is 35.5 Å². The summed E-state index contributed by atoms with van der Waals surface area (Å²) in [6.45, 7) is 7.93. The molecular formula is C19H29FIN5O. The van der Waals surface area contributed by atoms with Crippen LogP contribution in [0.5, 0.6) is 5.75 Å². The van der Waals surface area contributed by atoms with E-state index in [2.05, 4.69) is 25.8 Å². The lowest BCUT2D eigenvalue weighted by atomic mass is 10.1. The summed E-state index contributed by atoms with van der Waals surface area (Å²) in [5.41, 5.74) is 2.35. The van der Waals surface area contributed by atoms with Gasteiger partial charge in [-0.3, -0.25) is 5.10 Å². The molecule has 6 nitrogen and oxygen atoms in total. The Balaban J connectivity index is 0.00000364.